The molecule has 68 valence electrons. The highest BCUT2D eigenvalue weighted by Gasteiger charge is 2.13. The number of nitriles is 1. The highest BCUT2D eigenvalue weighted by molar-refractivity contribution is 5.75. The van der Waals surface area contributed by atoms with Crippen molar-refractivity contribution in [2.75, 3.05) is 13.6 Å². The van der Waals surface area contributed by atoms with Gasteiger partial charge < -0.3 is 5.73 Å². The van der Waals surface area contributed by atoms with Crippen LogP contribution in [0.15, 0.2) is 0 Å². The molecule has 0 saturated heterocycles. The van der Waals surface area contributed by atoms with E-state index in [9.17, 15) is 4.79 Å². The number of amides is 1. The average Bonchev–Trinajstić information content (AvgIpc) is 1.98. The number of carbonyl (C=O) groups excluding carboxylic acids is 1. The molecule has 4 nitrogen and oxygen atoms in total. The highest BCUT2D eigenvalue weighted by atomic mass is 16.1. The predicted octanol–water partition coefficient (Wildman–Crippen LogP) is 0.0958. The van der Waals surface area contributed by atoms with E-state index in [1.807, 2.05) is 11.8 Å². The molecule has 1 amide bonds. The van der Waals surface area contributed by atoms with E-state index in [2.05, 4.69) is 6.07 Å². The van der Waals surface area contributed by atoms with Gasteiger partial charge in [-0.25, -0.2) is 0 Å². The first-order valence-electron chi connectivity index (χ1n) is 3.97. The molecule has 12 heavy (non-hydrogen) atoms. The molecule has 0 radical (unpaired) electrons. The van der Waals surface area contributed by atoms with Gasteiger partial charge in [0.15, 0.2) is 0 Å². The first-order valence-corrected chi connectivity index (χ1v) is 3.97. The molecule has 1 atom stereocenters. The Labute approximate surface area is 72.9 Å². The summed E-state index contributed by atoms with van der Waals surface area (Å²) in [6.45, 7) is 2.21. The van der Waals surface area contributed by atoms with Gasteiger partial charge in [-0.2, -0.15) is 5.26 Å². The van der Waals surface area contributed by atoms with Crippen LogP contribution in [0.1, 0.15) is 19.8 Å². The Morgan fingerprint density at radius 2 is 2.33 bits per heavy atom. The number of carbonyl (C=O) groups is 1. The third kappa shape index (κ3) is 3.94. The zero-order valence-electron chi connectivity index (χ0n) is 7.58. The first-order chi connectivity index (χ1) is 5.61. The Balaban J connectivity index is 3.94. The number of likely N-dealkylation sites (N-methyl/N-ethyl adjacent to an activating group) is 1. The summed E-state index contributed by atoms with van der Waals surface area (Å²) in [6, 6.07) is 2.22. The summed E-state index contributed by atoms with van der Waals surface area (Å²) in [5, 5.41) is 8.46. The molecule has 0 aromatic heterocycles. The van der Waals surface area contributed by atoms with Crippen LogP contribution in [-0.4, -0.2) is 30.4 Å². The summed E-state index contributed by atoms with van der Waals surface area (Å²) >= 11 is 0. The van der Waals surface area contributed by atoms with Gasteiger partial charge in [0, 0.05) is 6.04 Å². The zero-order chi connectivity index (χ0) is 9.56. The molecule has 0 heterocycles. The normalized spacial score (nSPS) is 12.5. The molecule has 0 saturated carbocycles. The Morgan fingerprint density at radius 3 is 2.67 bits per heavy atom. The van der Waals surface area contributed by atoms with E-state index in [1.165, 1.54) is 0 Å². The fourth-order valence-corrected chi connectivity index (χ4v) is 1.09. The zero-order valence-corrected chi connectivity index (χ0v) is 7.58. The van der Waals surface area contributed by atoms with Crippen LogP contribution in [0.3, 0.4) is 0 Å². The van der Waals surface area contributed by atoms with Gasteiger partial charge in [-0.05, 0) is 13.5 Å². The Kier molecular flexibility index (Phi) is 5.06. The maximum Gasteiger partial charge on any atom is 0.231 e. The molecule has 0 bridgehead atoms. The molecule has 4 heteroatoms. The van der Waals surface area contributed by atoms with Crippen molar-refractivity contribution in [3.8, 4) is 6.07 Å². The Hall–Kier alpha value is -1.08. The van der Waals surface area contributed by atoms with Gasteiger partial charge in [0.2, 0.25) is 5.91 Å². The number of nitrogens with zero attached hydrogens (tertiary/aromatic N) is 2. The fourth-order valence-electron chi connectivity index (χ4n) is 1.09. The van der Waals surface area contributed by atoms with E-state index >= 15 is 0 Å². The number of nitrogens with two attached hydrogens (primary N) is 1. The minimum atomic E-state index is -0.353. The van der Waals surface area contributed by atoms with Crippen molar-refractivity contribution >= 4 is 5.91 Å². The van der Waals surface area contributed by atoms with Crippen LogP contribution in [0.25, 0.3) is 0 Å². The number of hydrogen-bond donors (Lipinski definition) is 1. The standard InChI is InChI=1S/C8H15N3O/c1-3-7(4-5-9)11(2)6-8(10)12/h7H,3-4,6H2,1-2H3,(H2,10,12). The molecule has 0 fully saturated rings. The lowest BCUT2D eigenvalue weighted by molar-refractivity contribution is -0.119. The molecule has 2 N–H and O–H groups in total. The second-order valence-corrected chi connectivity index (χ2v) is 2.81. The molecule has 0 aliphatic heterocycles. The molecule has 0 aromatic carbocycles. The number of hydrogen-bond acceptors (Lipinski definition) is 3. The van der Waals surface area contributed by atoms with Gasteiger partial charge in [0.1, 0.15) is 0 Å². The van der Waals surface area contributed by atoms with E-state index < -0.39 is 0 Å². The lowest BCUT2D eigenvalue weighted by atomic mass is 10.1. The molecular formula is C8H15N3O. The van der Waals surface area contributed by atoms with Gasteiger partial charge in [0.25, 0.3) is 0 Å². The van der Waals surface area contributed by atoms with Crippen LogP contribution in [0.5, 0.6) is 0 Å². The maximum absolute atomic E-state index is 10.5. The van der Waals surface area contributed by atoms with Gasteiger partial charge in [-0.3, -0.25) is 9.69 Å². The van der Waals surface area contributed by atoms with E-state index in [0.29, 0.717) is 6.42 Å². The van der Waals surface area contributed by atoms with Crippen molar-refractivity contribution in [1.82, 2.24) is 4.90 Å². The third-order valence-corrected chi connectivity index (χ3v) is 1.83. The molecule has 0 aliphatic rings. The molecule has 1 unspecified atom stereocenters. The first kappa shape index (κ1) is 10.9. The quantitative estimate of drug-likeness (QED) is 0.634. The summed E-state index contributed by atoms with van der Waals surface area (Å²) in [7, 11) is 1.80. The van der Waals surface area contributed by atoms with Gasteiger partial charge in [0.05, 0.1) is 19.0 Å². The topological polar surface area (TPSA) is 70.1 Å². The highest BCUT2D eigenvalue weighted by Crippen LogP contribution is 2.04. The molecular weight excluding hydrogens is 154 g/mol. The minimum absolute atomic E-state index is 0.141. The summed E-state index contributed by atoms with van der Waals surface area (Å²) in [5.74, 6) is -0.353. The van der Waals surface area contributed by atoms with Crippen LogP contribution in [0.4, 0.5) is 0 Å². The van der Waals surface area contributed by atoms with E-state index in [0.717, 1.165) is 6.42 Å². The second kappa shape index (κ2) is 5.56. The molecule has 0 rings (SSSR count). The summed E-state index contributed by atoms with van der Waals surface area (Å²) in [5.41, 5.74) is 5.02. The van der Waals surface area contributed by atoms with Crippen LogP contribution in [-0.2, 0) is 4.79 Å². The Bertz CT molecular complexity index is 185. The fraction of sp³-hybridized carbons (Fsp3) is 0.750. The number of rotatable bonds is 5. The van der Waals surface area contributed by atoms with Gasteiger partial charge in [-0.1, -0.05) is 6.92 Å². The lowest BCUT2D eigenvalue weighted by Crippen LogP contribution is -2.37. The van der Waals surface area contributed by atoms with Crippen LogP contribution < -0.4 is 5.73 Å². The SMILES string of the molecule is CCC(CC#N)N(C)CC(N)=O. The summed E-state index contributed by atoms with van der Waals surface area (Å²) < 4.78 is 0. The average molecular weight is 169 g/mol. The summed E-state index contributed by atoms with van der Waals surface area (Å²) in [4.78, 5) is 12.3. The van der Waals surface area contributed by atoms with E-state index in [4.69, 9.17) is 11.0 Å². The lowest BCUT2D eigenvalue weighted by Gasteiger charge is -2.23. The third-order valence-electron chi connectivity index (χ3n) is 1.83. The van der Waals surface area contributed by atoms with E-state index in [1.54, 1.807) is 7.05 Å². The van der Waals surface area contributed by atoms with E-state index in [-0.39, 0.29) is 18.5 Å². The molecule has 0 aromatic rings. The Morgan fingerprint density at radius 1 is 1.75 bits per heavy atom. The molecule has 0 aliphatic carbocycles. The molecule has 0 spiro atoms. The minimum Gasteiger partial charge on any atom is -0.369 e. The maximum atomic E-state index is 10.5. The number of primary amides is 1. The predicted molar refractivity (Wildman–Crippen MR) is 46.1 cm³/mol. The van der Waals surface area contributed by atoms with Crippen molar-refractivity contribution < 1.29 is 4.79 Å². The van der Waals surface area contributed by atoms with Crippen molar-refractivity contribution in [1.29, 1.82) is 5.26 Å². The van der Waals surface area contributed by atoms with Crippen molar-refractivity contribution in [3.63, 3.8) is 0 Å². The van der Waals surface area contributed by atoms with Crippen molar-refractivity contribution in [3.05, 3.63) is 0 Å². The van der Waals surface area contributed by atoms with Crippen LogP contribution in [0.2, 0.25) is 0 Å². The van der Waals surface area contributed by atoms with Crippen LogP contribution in [0, 0.1) is 11.3 Å². The largest absolute Gasteiger partial charge is 0.369 e. The van der Waals surface area contributed by atoms with Crippen molar-refractivity contribution in [2.45, 2.75) is 25.8 Å². The second-order valence-electron chi connectivity index (χ2n) is 2.81. The van der Waals surface area contributed by atoms with Gasteiger partial charge in [-0.15, -0.1) is 0 Å². The monoisotopic (exact) mass is 169 g/mol. The smallest absolute Gasteiger partial charge is 0.231 e. The van der Waals surface area contributed by atoms with Crippen LogP contribution >= 0.6 is 0 Å². The summed E-state index contributed by atoms with van der Waals surface area (Å²) in [6.07, 6.45) is 1.30. The van der Waals surface area contributed by atoms with Crippen molar-refractivity contribution in [2.24, 2.45) is 5.73 Å². The van der Waals surface area contributed by atoms with Gasteiger partial charge >= 0.3 is 0 Å².